The van der Waals surface area contributed by atoms with E-state index < -0.39 is 0 Å². The van der Waals surface area contributed by atoms with Gasteiger partial charge in [0.05, 0.1) is 18.9 Å². The topological polar surface area (TPSA) is 29.5 Å². The number of Topliss-reactive ketones (excluding diaryl/α,β-unsaturated/α-hetero) is 1. The minimum Gasteiger partial charge on any atom is -0.378 e. The van der Waals surface area contributed by atoms with Crippen molar-refractivity contribution in [3.05, 3.63) is 75.9 Å². The lowest BCUT2D eigenvalue weighted by Crippen LogP contribution is -2.38. The number of ether oxygens (including phenoxy) is 1. The second-order valence-electron chi connectivity index (χ2n) is 5.38. The zero-order valence-electron chi connectivity index (χ0n) is 12.7. The second-order valence-corrected chi connectivity index (χ2v) is 6.29. The summed E-state index contributed by atoms with van der Waals surface area (Å²) in [5.41, 5.74) is 2.45. The molecule has 1 aliphatic rings. The maximum Gasteiger partial charge on any atom is 0.209 e. The van der Waals surface area contributed by atoms with Gasteiger partial charge in [0.25, 0.3) is 0 Å². The molecule has 3 nitrogen and oxygen atoms in total. The number of ketones is 1. The highest BCUT2D eigenvalue weighted by atomic mass is 79.9. The Balaban J connectivity index is 1.95. The number of hydrogen-bond acceptors (Lipinski definition) is 3. The van der Waals surface area contributed by atoms with Crippen molar-refractivity contribution in [3.8, 4) is 0 Å². The van der Waals surface area contributed by atoms with E-state index >= 15 is 0 Å². The quantitative estimate of drug-likeness (QED) is 0.600. The molecule has 4 heteroatoms. The number of carbonyl (C=O) groups excluding carboxylic acids is 1. The number of hydrogen-bond donors (Lipinski definition) is 0. The van der Waals surface area contributed by atoms with Crippen LogP contribution in [-0.4, -0.2) is 37.0 Å². The Bertz CT molecular complexity index is 689. The Hall–Kier alpha value is -1.91. The van der Waals surface area contributed by atoms with Crippen LogP contribution in [0.5, 0.6) is 0 Å². The number of carbonyl (C=O) groups is 1. The van der Waals surface area contributed by atoms with Crippen molar-refractivity contribution < 1.29 is 9.53 Å². The molecule has 0 radical (unpaired) electrons. The molecule has 0 aromatic heterocycles. The number of allylic oxidation sites excluding steroid dienone is 1. The zero-order valence-corrected chi connectivity index (χ0v) is 14.3. The van der Waals surface area contributed by atoms with Gasteiger partial charge in [-0.25, -0.2) is 0 Å². The predicted octanol–water partition coefficient (Wildman–Crippen LogP) is 4.01. The number of morpholine rings is 1. The van der Waals surface area contributed by atoms with Gasteiger partial charge in [-0.1, -0.05) is 46.3 Å². The van der Waals surface area contributed by atoms with Crippen molar-refractivity contribution in [1.29, 1.82) is 0 Å². The van der Waals surface area contributed by atoms with Crippen LogP contribution >= 0.6 is 15.9 Å². The summed E-state index contributed by atoms with van der Waals surface area (Å²) < 4.78 is 6.38. The van der Waals surface area contributed by atoms with Crippen LogP contribution in [-0.2, 0) is 4.74 Å². The Kier molecular flexibility index (Phi) is 5.26. The monoisotopic (exact) mass is 371 g/mol. The molecular weight excluding hydrogens is 354 g/mol. The molecule has 118 valence electrons. The number of rotatable bonds is 4. The van der Waals surface area contributed by atoms with Gasteiger partial charge < -0.3 is 9.64 Å². The van der Waals surface area contributed by atoms with Crippen LogP contribution in [0.2, 0.25) is 0 Å². The maximum atomic E-state index is 13.0. The molecule has 1 fully saturated rings. The highest BCUT2D eigenvalue weighted by Crippen LogP contribution is 2.20. The van der Waals surface area contributed by atoms with Crippen LogP contribution in [0.3, 0.4) is 0 Å². The van der Waals surface area contributed by atoms with Gasteiger partial charge in [0.2, 0.25) is 5.78 Å². The molecule has 0 saturated carbocycles. The Morgan fingerprint density at radius 3 is 2.30 bits per heavy atom. The Labute approximate surface area is 144 Å². The van der Waals surface area contributed by atoms with E-state index in [9.17, 15) is 4.79 Å². The predicted molar refractivity (Wildman–Crippen MR) is 95.3 cm³/mol. The van der Waals surface area contributed by atoms with E-state index in [0.29, 0.717) is 18.8 Å². The summed E-state index contributed by atoms with van der Waals surface area (Å²) in [7, 11) is 0. The smallest absolute Gasteiger partial charge is 0.209 e. The van der Waals surface area contributed by atoms with Gasteiger partial charge in [0, 0.05) is 23.1 Å². The summed E-state index contributed by atoms with van der Waals surface area (Å²) >= 11 is 3.41. The second kappa shape index (κ2) is 7.57. The van der Waals surface area contributed by atoms with Gasteiger partial charge in [-0.2, -0.15) is 0 Å². The SMILES string of the molecule is O=C(C(=Cc1ccccc1)N1CCOCC1)c1ccc(Br)cc1. The van der Waals surface area contributed by atoms with Gasteiger partial charge in [-0.3, -0.25) is 4.79 Å². The first kappa shape index (κ1) is 16.0. The standard InChI is InChI=1S/C19H18BrNO2/c20-17-8-6-16(7-9-17)19(22)18(21-10-12-23-13-11-21)14-15-4-2-1-3-5-15/h1-9,14H,10-13H2. The minimum atomic E-state index is 0.0447. The zero-order chi connectivity index (χ0) is 16.1. The molecule has 0 N–H and O–H groups in total. The van der Waals surface area contributed by atoms with Crippen molar-refractivity contribution in [2.75, 3.05) is 26.3 Å². The summed E-state index contributed by atoms with van der Waals surface area (Å²) in [6.45, 7) is 2.78. The highest BCUT2D eigenvalue weighted by molar-refractivity contribution is 9.10. The van der Waals surface area contributed by atoms with Crippen molar-refractivity contribution in [2.24, 2.45) is 0 Å². The number of halogens is 1. The molecule has 0 bridgehead atoms. The third-order valence-electron chi connectivity index (χ3n) is 3.79. The van der Waals surface area contributed by atoms with Crippen LogP contribution < -0.4 is 0 Å². The van der Waals surface area contributed by atoms with E-state index in [1.54, 1.807) is 0 Å². The number of benzene rings is 2. The molecule has 0 aliphatic carbocycles. The largest absolute Gasteiger partial charge is 0.378 e. The molecule has 0 atom stereocenters. The van der Waals surface area contributed by atoms with Gasteiger partial charge in [0.15, 0.2) is 0 Å². The van der Waals surface area contributed by atoms with Crippen LogP contribution in [0.15, 0.2) is 64.8 Å². The van der Waals surface area contributed by atoms with Crippen LogP contribution in [0.4, 0.5) is 0 Å². The van der Waals surface area contributed by atoms with Gasteiger partial charge in [-0.15, -0.1) is 0 Å². The molecule has 2 aromatic carbocycles. The van der Waals surface area contributed by atoms with E-state index in [1.165, 1.54) is 0 Å². The molecule has 1 heterocycles. The third-order valence-corrected chi connectivity index (χ3v) is 4.32. The summed E-state index contributed by atoms with van der Waals surface area (Å²) in [5.74, 6) is 0.0447. The first-order valence-electron chi connectivity index (χ1n) is 7.64. The molecule has 2 aromatic rings. The number of nitrogens with zero attached hydrogens (tertiary/aromatic N) is 1. The summed E-state index contributed by atoms with van der Waals surface area (Å²) in [6.07, 6.45) is 1.97. The fourth-order valence-electron chi connectivity index (χ4n) is 2.56. The van der Waals surface area contributed by atoms with E-state index in [2.05, 4.69) is 20.8 Å². The minimum absolute atomic E-state index is 0.0447. The molecule has 3 rings (SSSR count). The molecule has 0 amide bonds. The molecule has 1 saturated heterocycles. The van der Waals surface area contributed by atoms with E-state index in [-0.39, 0.29) is 5.78 Å². The fourth-order valence-corrected chi connectivity index (χ4v) is 2.83. The van der Waals surface area contributed by atoms with Gasteiger partial charge in [-0.05, 0) is 35.9 Å². The molecule has 1 aliphatic heterocycles. The maximum absolute atomic E-state index is 13.0. The lowest BCUT2D eigenvalue weighted by Gasteiger charge is -2.30. The van der Waals surface area contributed by atoms with Crippen molar-refractivity contribution >= 4 is 27.8 Å². The Morgan fingerprint density at radius 2 is 1.65 bits per heavy atom. The van der Waals surface area contributed by atoms with Crippen LogP contribution in [0.25, 0.3) is 6.08 Å². The molecule has 0 spiro atoms. The molecule has 23 heavy (non-hydrogen) atoms. The lowest BCUT2D eigenvalue weighted by molar-refractivity contribution is 0.0512. The molecular formula is C19H18BrNO2. The fraction of sp³-hybridized carbons (Fsp3) is 0.211. The van der Waals surface area contributed by atoms with Crippen molar-refractivity contribution in [2.45, 2.75) is 0 Å². The Morgan fingerprint density at radius 1 is 1.00 bits per heavy atom. The van der Waals surface area contributed by atoms with E-state index in [0.717, 1.165) is 28.8 Å². The van der Waals surface area contributed by atoms with E-state index in [4.69, 9.17) is 4.74 Å². The van der Waals surface area contributed by atoms with Crippen molar-refractivity contribution in [1.82, 2.24) is 4.90 Å². The van der Waals surface area contributed by atoms with Crippen molar-refractivity contribution in [3.63, 3.8) is 0 Å². The summed E-state index contributed by atoms with van der Waals surface area (Å²) in [4.78, 5) is 15.1. The van der Waals surface area contributed by atoms with Gasteiger partial charge >= 0.3 is 0 Å². The molecule has 0 unspecified atom stereocenters. The normalized spacial score (nSPS) is 15.5. The van der Waals surface area contributed by atoms with Gasteiger partial charge in [0.1, 0.15) is 0 Å². The highest BCUT2D eigenvalue weighted by Gasteiger charge is 2.21. The first-order chi connectivity index (χ1) is 11.2. The average molecular weight is 372 g/mol. The lowest BCUT2D eigenvalue weighted by atomic mass is 10.0. The first-order valence-corrected chi connectivity index (χ1v) is 8.43. The van der Waals surface area contributed by atoms with E-state index in [1.807, 2.05) is 60.7 Å². The van der Waals surface area contributed by atoms with Crippen LogP contribution in [0.1, 0.15) is 15.9 Å². The summed E-state index contributed by atoms with van der Waals surface area (Å²) in [5, 5.41) is 0. The average Bonchev–Trinajstić information content (AvgIpc) is 2.61. The summed E-state index contributed by atoms with van der Waals surface area (Å²) in [6, 6.07) is 17.4. The third kappa shape index (κ3) is 4.09. The van der Waals surface area contributed by atoms with Crippen LogP contribution in [0, 0.1) is 0 Å².